The largest absolute Gasteiger partial charge is 0.481 e. The van der Waals surface area contributed by atoms with Crippen LogP contribution in [0.25, 0.3) is 11.5 Å². The van der Waals surface area contributed by atoms with Crippen molar-refractivity contribution in [2.24, 2.45) is 0 Å². The standard InChI is InChI=1S/C14H16ClN3O3/c1-2-18(8-7-13(19)20)9-12-16-17-14(21-12)10-5-3-4-6-11(10)15/h3-6H,2,7-9H2,1H3,(H,19,20). The second kappa shape index (κ2) is 7.19. The number of hydrogen-bond acceptors (Lipinski definition) is 5. The SMILES string of the molecule is CCN(CCC(=O)O)Cc1nnc(-c2ccccc2Cl)o1. The van der Waals surface area contributed by atoms with E-state index in [2.05, 4.69) is 10.2 Å². The van der Waals surface area contributed by atoms with Crippen molar-refractivity contribution in [1.82, 2.24) is 15.1 Å². The maximum Gasteiger partial charge on any atom is 0.304 e. The molecule has 0 unspecified atom stereocenters. The van der Waals surface area contributed by atoms with Crippen LogP contribution in [-0.2, 0) is 11.3 Å². The number of halogens is 1. The first kappa shape index (κ1) is 15.5. The van der Waals surface area contributed by atoms with E-state index in [1.54, 1.807) is 6.07 Å². The van der Waals surface area contributed by atoms with Crippen LogP contribution in [0.2, 0.25) is 5.02 Å². The molecule has 0 saturated heterocycles. The van der Waals surface area contributed by atoms with Gasteiger partial charge in [0.15, 0.2) is 0 Å². The number of nitrogens with zero attached hydrogens (tertiary/aromatic N) is 3. The van der Waals surface area contributed by atoms with Crippen LogP contribution < -0.4 is 0 Å². The molecule has 0 aliphatic rings. The van der Waals surface area contributed by atoms with Gasteiger partial charge in [0, 0.05) is 6.54 Å². The Labute approximate surface area is 127 Å². The quantitative estimate of drug-likeness (QED) is 0.847. The van der Waals surface area contributed by atoms with Gasteiger partial charge in [-0.25, -0.2) is 0 Å². The number of hydrogen-bond donors (Lipinski definition) is 1. The second-order valence-electron chi connectivity index (χ2n) is 4.49. The summed E-state index contributed by atoms with van der Waals surface area (Å²) < 4.78 is 5.59. The van der Waals surface area contributed by atoms with Gasteiger partial charge in [-0.2, -0.15) is 0 Å². The predicted octanol–water partition coefficient (Wildman–Crippen LogP) is 2.69. The van der Waals surface area contributed by atoms with Crippen molar-refractivity contribution < 1.29 is 14.3 Å². The van der Waals surface area contributed by atoms with Crippen molar-refractivity contribution in [3.05, 3.63) is 35.2 Å². The molecule has 2 aromatic rings. The zero-order chi connectivity index (χ0) is 15.2. The van der Waals surface area contributed by atoms with Gasteiger partial charge >= 0.3 is 5.97 Å². The van der Waals surface area contributed by atoms with Gasteiger partial charge < -0.3 is 9.52 Å². The van der Waals surface area contributed by atoms with Crippen LogP contribution in [0.15, 0.2) is 28.7 Å². The van der Waals surface area contributed by atoms with Crippen molar-refractivity contribution in [2.75, 3.05) is 13.1 Å². The van der Waals surface area contributed by atoms with Gasteiger partial charge in [0.25, 0.3) is 0 Å². The number of rotatable bonds is 7. The summed E-state index contributed by atoms with van der Waals surface area (Å²) in [6, 6.07) is 7.23. The second-order valence-corrected chi connectivity index (χ2v) is 4.90. The number of aromatic nitrogens is 2. The van der Waals surface area contributed by atoms with Crippen LogP contribution in [0.3, 0.4) is 0 Å². The summed E-state index contributed by atoms with van der Waals surface area (Å²) in [6.07, 6.45) is 0.0827. The molecular weight excluding hydrogens is 294 g/mol. The molecule has 6 nitrogen and oxygen atoms in total. The van der Waals surface area contributed by atoms with Crippen LogP contribution in [0.1, 0.15) is 19.2 Å². The van der Waals surface area contributed by atoms with E-state index in [-0.39, 0.29) is 6.42 Å². The summed E-state index contributed by atoms with van der Waals surface area (Å²) in [5.41, 5.74) is 0.687. The molecule has 0 atom stereocenters. The van der Waals surface area contributed by atoms with E-state index in [0.717, 1.165) is 0 Å². The molecule has 112 valence electrons. The monoisotopic (exact) mass is 309 g/mol. The Bertz CT molecular complexity index is 615. The Morgan fingerprint density at radius 2 is 2.14 bits per heavy atom. The zero-order valence-corrected chi connectivity index (χ0v) is 12.4. The van der Waals surface area contributed by atoms with E-state index in [1.165, 1.54) is 0 Å². The number of carboxylic acids is 1. The highest BCUT2D eigenvalue weighted by Crippen LogP contribution is 2.26. The first-order chi connectivity index (χ1) is 10.1. The Balaban J connectivity index is 2.06. The third kappa shape index (κ3) is 4.27. The molecule has 7 heteroatoms. The normalized spacial score (nSPS) is 11.0. The van der Waals surface area contributed by atoms with E-state index in [1.807, 2.05) is 30.0 Å². The highest BCUT2D eigenvalue weighted by Gasteiger charge is 2.14. The summed E-state index contributed by atoms with van der Waals surface area (Å²) in [4.78, 5) is 12.5. The summed E-state index contributed by atoms with van der Waals surface area (Å²) >= 11 is 6.08. The molecular formula is C14H16ClN3O3. The minimum absolute atomic E-state index is 0.0827. The number of carbonyl (C=O) groups is 1. The first-order valence-electron chi connectivity index (χ1n) is 6.61. The fourth-order valence-electron chi connectivity index (χ4n) is 1.86. The van der Waals surface area contributed by atoms with Crippen LogP contribution >= 0.6 is 11.6 Å². The van der Waals surface area contributed by atoms with Crippen LogP contribution in [0.4, 0.5) is 0 Å². The number of benzene rings is 1. The van der Waals surface area contributed by atoms with Gasteiger partial charge in [-0.15, -0.1) is 10.2 Å². The topological polar surface area (TPSA) is 79.5 Å². The predicted molar refractivity (Wildman–Crippen MR) is 77.9 cm³/mol. The van der Waals surface area contributed by atoms with Gasteiger partial charge in [0.05, 0.1) is 23.6 Å². The van der Waals surface area contributed by atoms with Crippen molar-refractivity contribution in [3.8, 4) is 11.5 Å². The van der Waals surface area contributed by atoms with E-state index >= 15 is 0 Å². The van der Waals surface area contributed by atoms with E-state index in [4.69, 9.17) is 21.1 Å². The molecule has 1 N–H and O–H groups in total. The molecule has 0 radical (unpaired) electrons. The Morgan fingerprint density at radius 3 is 2.81 bits per heavy atom. The van der Waals surface area contributed by atoms with Crippen LogP contribution in [0, 0.1) is 0 Å². The smallest absolute Gasteiger partial charge is 0.304 e. The van der Waals surface area contributed by atoms with Gasteiger partial charge in [-0.1, -0.05) is 30.7 Å². The lowest BCUT2D eigenvalue weighted by Gasteiger charge is -2.16. The maximum absolute atomic E-state index is 10.6. The molecule has 1 heterocycles. The zero-order valence-electron chi connectivity index (χ0n) is 11.6. The minimum Gasteiger partial charge on any atom is -0.481 e. The Morgan fingerprint density at radius 1 is 1.38 bits per heavy atom. The van der Waals surface area contributed by atoms with E-state index < -0.39 is 5.97 Å². The van der Waals surface area contributed by atoms with E-state index in [9.17, 15) is 4.79 Å². The van der Waals surface area contributed by atoms with E-state index in [0.29, 0.717) is 42.0 Å². The van der Waals surface area contributed by atoms with Crippen molar-refractivity contribution in [1.29, 1.82) is 0 Å². The molecule has 0 spiro atoms. The molecule has 1 aromatic carbocycles. The summed E-state index contributed by atoms with van der Waals surface area (Å²) in [6.45, 7) is 3.52. The fourth-order valence-corrected chi connectivity index (χ4v) is 2.07. The third-order valence-corrected chi connectivity index (χ3v) is 3.35. The highest BCUT2D eigenvalue weighted by atomic mass is 35.5. The fraction of sp³-hybridized carbons (Fsp3) is 0.357. The van der Waals surface area contributed by atoms with Gasteiger partial charge in [0.1, 0.15) is 0 Å². The van der Waals surface area contributed by atoms with Crippen LogP contribution in [0.5, 0.6) is 0 Å². The molecule has 21 heavy (non-hydrogen) atoms. The van der Waals surface area contributed by atoms with Crippen molar-refractivity contribution in [3.63, 3.8) is 0 Å². The Hall–Kier alpha value is -1.92. The van der Waals surface area contributed by atoms with Gasteiger partial charge in [-0.05, 0) is 18.7 Å². The maximum atomic E-state index is 10.6. The average Bonchev–Trinajstić information content (AvgIpc) is 2.92. The first-order valence-corrected chi connectivity index (χ1v) is 6.99. The van der Waals surface area contributed by atoms with Crippen LogP contribution in [-0.4, -0.2) is 39.3 Å². The third-order valence-electron chi connectivity index (χ3n) is 3.02. The molecule has 0 fully saturated rings. The average molecular weight is 310 g/mol. The van der Waals surface area contributed by atoms with Crippen molar-refractivity contribution >= 4 is 17.6 Å². The Kier molecular flexibility index (Phi) is 5.30. The molecule has 2 rings (SSSR count). The number of aliphatic carboxylic acids is 1. The lowest BCUT2D eigenvalue weighted by atomic mass is 10.2. The summed E-state index contributed by atoms with van der Waals surface area (Å²) in [5, 5.41) is 17.2. The minimum atomic E-state index is -0.823. The molecule has 0 aliphatic heterocycles. The lowest BCUT2D eigenvalue weighted by Crippen LogP contribution is -2.25. The molecule has 0 bridgehead atoms. The molecule has 1 aromatic heterocycles. The molecule has 0 saturated carbocycles. The number of carboxylic acid groups (broad SMARTS) is 1. The van der Waals surface area contributed by atoms with Crippen molar-refractivity contribution in [2.45, 2.75) is 19.9 Å². The van der Waals surface area contributed by atoms with Gasteiger partial charge in [0.2, 0.25) is 11.8 Å². The summed E-state index contributed by atoms with van der Waals surface area (Å²) in [5.74, 6) is -0.0159. The highest BCUT2D eigenvalue weighted by molar-refractivity contribution is 6.33. The molecule has 0 aliphatic carbocycles. The van der Waals surface area contributed by atoms with Gasteiger partial charge in [-0.3, -0.25) is 9.69 Å². The molecule has 0 amide bonds. The summed E-state index contributed by atoms with van der Waals surface area (Å²) in [7, 11) is 0. The lowest BCUT2D eigenvalue weighted by molar-refractivity contribution is -0.137.